The number of nitrogens with two attached hydrogens (primary N) is 1. The average Bonchev–Trinajstić information content (AvgIpc) is 3.02. The van der Waals surface area contributed by atoms with Crippen LogP contribution in [-0.2, 0) is 21.4 Å². The molecule has 2 aromatic rings. The van der Waals surface area contributed by atoms with Crippen molar-refractivity contribution in [1.29, 1.82) is 0 Å². The summed E-state index contributed by atoms with van der Waals surface area (Å²) < 4.78 is 16.2. The van der Waals surface area contributed by atoms with Crippen LogP contribution in [0.4, 0.5) is 0 Å². The van der Waals surface area contributed by atoms with Gasteiger partial charge in [0.15, 0.2) is 5.54 Å². The highest BCUT2D eigenvalue weighted by molar-refractivity contribution is 6.32. The maximum absolute atomic E-state index is 5.92. The molecule has 2 N–H and O–H groups in total. The first-order valence-corrected chi connectivity index (χ1v) is 8.72. The van der Waals surface area contributed by atoms with E-state index >= 15 is 0 Å². The lowest BCUT2D eigenvalue weighted by molar-refractivity contribution is 0.202. The number of benzene rings is 2. The van der Waals surface area contributed by atoms with Crippen LogP contribution >= 0.6 is 0 Å². The van der Waals surface area contributed by atoms with Gasteiger partial charge >= 0.3 is 0 Å². The Balaban J connectivity index is 2.12. The molecule has 0 aromatic heterocycles. The molecule has 1 aliphatic heterocycles. The molecule has 1 aliphatic rings. The summed E-state index contributed by atoms with van der Waals surface area (Å²) in [5.74, 6) is 0.852. The second-order valence-corrected chi connectivity index (χ2v) is 6.73. The molecule has 5 nitrogen and oxygen atoms in total. The maximum Gasteiger partial charge on any atom is 0.283 e. The fourth-order valence-corrected chi connectivity index (χ4v) is 3.49. The lowest BCUT2D eigenvalue weighted by Gasteiger charge is -2.27. The van der Waals surface area contributed by atoms with Crippen molar-refractivity contribution >= 4 is 19.3 Å². The van der Waals surface area contributed by atoms with Crippen molar-refractivity contribution < 1.29 is 14.2 Å². The van der Waals surface area contributed by atoms with Crippen LogP contribution in [0, 0.1) is 6.92 Å². The summed E-state index contributed by atoms with van der Waals surface area (Å²) in [6.07, 6.45) is 0.850. The third-order valence-electron chi connectivity index (χ3n) is 4.81. The molecule has 0 spiro atoms. The van der Waals surface area contributed by atoms with Crippen LogP contribution in [0.2, 0.25) is 0 Å². The highest BCUT2D eigenvalue weighted by atomic mass is 16.5. The van der Waals surface area contributed by atoms with Crippen LogP contribution in [0.5, 0.6) is 5.75 Å². The smallest absolute Gasteiger partial charge is 0.283 e. The lowest BCUT2D eigenvalue weighted by atomic mass is 9.79. The lowest BCUT2D eigenvalue weighted by Crippen LogP contribution is -2.29. The van der Waals surface area contributed by atoms with Crippen molar-refractivity contribution in [1.82, 2.24) is 0 Å². The van der Waals surface area contributed by atoms with Crippen molar-refractivity contribution in [2.75, 3.05) is 27.4 Å². The minimum atomic E-state index is -0.644. The van der Waals surface area contributed by atoms with Gasteiger partial charge in [-0.1, -0.05) is 29.7 Å². The molecule has 1 atom stereocenters. The van der Waals surface area contributed by atoms with E-state index < -0.39 is 5.54 Å². The van der Waals surface area contributed by atoms with Gasteiger partial charge in [-0.15, -0.1) is 0 Å². The molecule has 0 aliphatic carbocycles. The zero-order chi connectivity index (χ0) is 18.7. The summed E-state index contributed by atoms with van der Waals surface area (Å²) >= 11 is 0. The van der Waals surface area contributed by atoms with Crippen LogP contribution < -0.4 is 15.9 Å². The number of amidine groups is 1. The third-order valence-corrected chi connectivity index (χ3v) is 4.81. The predicted octanol–water partition coefficient (Wildman–Crippen LogP) is 1.04. The van der Waals surface area contributed by atoms with E-state index in [1.54, 1.807) is 14.2 Å². The van der Waals surface area contributed by atoms with Crippen LogP contribution in [0.1, 0.15) is 22.3 Å². The van der Waals surface area contributed by atoms with Gasteiger partial charge in [0.1, 0.15) is 20.2 Å². The van der Waals surface area contributed by atoms with Gasteiger partial charge in [0.05, 0.1) is 13.7 Å². The predicted molar refractivity (Wildman–Crippen MR) is 106 cm³/mol. The number of hydrogen-bond donors (Lipinski definition) is 1. The fraction of sp³-hybridized carbons (Fsp3) is 0.350. The molecule has 0 amide bonds. The van der Waals surface area contributed by atoms with Crippen molar-refractivity contribution in [2.24, 2.45) is 10.7 Å². The highest BCUT2D eigenvalue weighted by Gasteiger charge is 2.40. The first-order chi connectivity index (χ1) is 12.5. The molecule has 0 saturated carbocycles. The van der Waals surface area contributed by atoms with E-state index in [-0.39, 0.29) is 6.02 Å². The first-order valence-electron chi connectivity index (χ1n) is 8.72. The molecule has 6 heteroatoms. The summed E-state index contributed by atoms with van der Waals surface area (Å²) in [6.45, 7) is 3.09. The first kappa shape index (κ1) is 18.3. The average molecular weight is 352 g/mol. The van der Waals surface area contributed by atoms with Gasteiger partial charge in [-0.25, -0.2) is 4.99 Å². The second kappa shape index (κ2) is 7.42. The van der Waals surface area contributed by atoms with E-state index in [4.69, 9.17) is 24.9 Å². The second-order valence-electron chi connectivity index (χ2n) is 6.73. The Kier molecular flexibility index (Phi) is 5.23. The van der Waals surface area contributed by atoms with E-state index in [1.807, 2.05) is 19.1 Å². The number of aryl methyl sites for hydroxylation is 1. The Morgan fingerprint density at radius 1 is 1.19 bits per heavy atom. The van der Waals surface area contributed by atoms with Gasteiger partial charge in [0.25, 0.3) is 6.02 Å². The number of ether oxygens (including phenoxy) is 3. The molecule has 0 radical (unpaired) electrons. The van der Waals surface area contributed by atoms with Gasteiger partial charge in [-0.05, 0) is 47.7 Å². The zero-order valence-electron chi connectivity index (χ0n) is 15.8. The monoisotopic (exact) mass is 352 g/mol. The molecule has 3 rings (SSSR count). The Bertz CT molecular complexity index is 838. The van der Waals surface area contributed by atoms with Crippen molar-refractivity contribution in [2.45, 2.75) is 18.9 Å². The highest BCUT2D eigenvalue weighted by Crippen LogP contribution is 2.39. The summed E-state index contributed by atoms with van der Waals surface area (Å²) in [5.41, 5.74) is 10.8. The van der Waals surface area contributed by atoms with Crippen LogP contribution in [0.25, 0.3) is 0 Å². The molecular formula is C20H25BN2O3. The minimum absolute atomic E-state index is 0.221. The standard InChI is InChI=1S/C20H25BN2O3/c1-13-8-15(4-5-18(13)25-3)20(12-26-19(22)23-20)16-9-14(6-7-24-2)10-17(21)11-16/h4-5,8-11H,6-7,12,21H2,1-3H3,(H2,22,23). The number of aliphatic imine (C=N–C) groups is 1. The van der Waals surface area contributed by atoms with E-state index in [1.165, 1.54) is 11.0 Å². The Morgan fingerprint density at radius 3 is 2.62 bits per heavy atom. The SMILES string of the molecule is Bc1cc(CCOC)cc(C2(c3ccc(OC)c(C)c3)COC(N)=N2)c1. The van der Waals surface area contributed by atoms with E-state index in [0.717, 1.165) is 28.9 Å². The molecule has 1 unspecified atom stereocenters. The van der Waals surface area contributed by atoms with Gasteiger partial charge in [0.2, 0.25) is 0 Å². The number of rotatable bonds is 6. The summed E-state index contributed by atoms with van der Waals surface area (Å²) in [6, 6.07) is 12.8. The zero-order valence-corrected chi connectivity index (χ0v) is 15.8. The number of nitrogens with zero attached hydrogens (tertiary/aromatic N) is 1. The van der Waals surface area contributed by atoms with Crippen molar-refractivity contribution in [3.05, 3.63) is 58.7 Å². The summed E-state index contributed by atoms with van der Waals surface area (Å²) in [7, 11) is 5.49. The largest absolute Gasteiger partial charge is 0.496 e. The summed E-state index contributed by atoms with van der Waals surface area (Å²) in [5, 5.41) is 0. The fourth-order valence-electron chi connectivity index (χ4n) is 3.49. The molecule has 0 fully saturated rings. The quantitative estimate of drug-likeness (QED) is 0.789. The maximum atomic E-state index is 5.92. The van der Waals surface area contributed by atoms with Gasteiger partial charge in [-0.3, -0.25) is 0 Å². The minimum Gasteiger partial charge on any atom is -0.496 e. The molecule has 26 heavy (non-hydrogen) atoms. The topological polar surface area (TPSA) is 66.1 Å². The van der Waals surface area contributed by atoms with Gasteiger partial charge < -0.3 is 19.9 Å². The Morgan fingerprint density at radius 2 is 2.00 bits per heavy atom. The third kappa shape index (κ3) is 3.42. The summed E-state index contributed by atoms with van der Waals surface area (Å²) in [4.78, 5) is 4.72. The van der Waals surface area contributed by atoms with Crippen molar-refractivity contribution in [3.8, 4) is 5.75 Å². The molecule has 1 heterocycles. The van der Waals surface area contributed by atoms with Crippen molar-refractivity contribution in [3.63, 3.8) is 0 Å². The van der Waals surface area contributed by atoms with Gasteiger partial charge in [-0.2, -0.15) is 0 Å². The van der Waals surface area contributed by atoms with Crippen LogP contribution in [0.15, 0.2) is 41.4 Å². The molecular weight excluding hydrogens is 327 g/mol. The molecule has 2 aromatic carbocycles. The molecule has 136 valence electrons. The normalized spacial score (nSPS) is 19.1. The van der Waals surface area contributed by atoms with E-state index in [9.17, 15) is 0 Å². The van der Waals surface area contributed by atoms with Crippen LogP contribution in [-0.4, -0.2) is 41.3 Å². The van der Waals surface area contributed by atoms with E-state index in [0.29, 0.717) is 13.2 Å². The van der Waals surface area contributed by atoms with Gasteiger partial charge in [0, 0.05) is 7.11 Å². The molecule has 0 bridgehead atoms. The Labute approximate surface area is 155 Å². The Hall–Kier alpha value is -2.47. The van der Waals surface area contributed by atoms with E-state index in [2.05, 4.69) is 32.1 Å². The van der Waals surface area contributed by atoms with Crippen LogP contribution in [0.3, 0.4) is 0 Å². The number of methoxy groups -OCH3 is 2. The number of hydrogen-bond acceptors (Lipinski definition) is 5. The molecule has 0 saturated heterocycles.